The van der Waals surface area contributed by atoms with Gasteiger partial charge in [0.25, 0.3) is 5.91 Å². The first kappa shape index (κ1) is 29.3. The summed E-state index contributed by atoms with van der Waals surface area (Å²) in [5.41, 5.74) is -3.41. The van der Waals surface area contributed by atoms with Crippen molar-refractivity contribution in [3.63, 3.8) is 0 Å². The molecule has 0 aromatic heterocycles. The molecule has 0 saturated carbocycles. The molecule has 0 aliphatic carbocycles. The van der Waals surface area contributed by atoms with Gasteiger partial charge in [0.15, 0.2) is 0 Å². The van der Waals surface area contributed by atoms with Crippen molar-refractivity contribution in [1.82, 2.24) is 0 Å². The third kappa shape index (κ3) is 11.8. The number of alkyl halides is 3. The maximum atomic E-state index is 13.1. The van der Waals surface area contributed by atoms with Gasteiger partial charge in [0.2, 0.25) is 0 Å². The van der Waals surface area contributed by atoms with Gasteiger partial charge in [-0.25, -0.2) is 0 Å². The summed E-state index contributed by atoms with van der Waals surface area (Å²) in [6.45, 7) is 3.59. The van der Waals surface area contributed by atoms with E-state index in [4.69, 9.17) is 5.26 Å². The highest BCUT2D eigenvalue weighted by atomic mass is 32.2. The average molecular weight is 487 g/mol. The van der Waals surface area contributed by atoms with E-state index in [0.29, 0.717) is 6.42 Å². The molecule has 0 fully saturated rings. The van der Waals surface area contributed by atoms with Crippen LogP contribution in [0.25, 0.3) is 0 Å². The number of benzene rings is 1. The van der Waals surface area contributed by atoms with Gasteiger partial charge in [0, 0.05) is 5.69 Å². The predicted octanol–water partition coefficient (Wildman–Crippen LogP) is 7.31. The van der Waals surface area contributed by atoms with Crippen molar-refractivity contribution in [2.24, 2.45) is 0 Å². The number of nitrogens with one attached hydrogen (secondary N) is 1. The number of carbonyl (C=O) groups excluding carboxylic acids is 1. The Hall–Kier alpha value is -1.72. The van der Waals surface area contributed by atoms with Gasteiger partial charge in [0.1, 0.15) is 5.60 Å². The van der Waals surface area contributed by atoms with Gasteiger partial charge in [-0.3, -0.25) is 4.79 Å². The summed E-state index contributed by atoms with van der Waals surface area (Å²) in [6.07, 6.45) is 6.79. The molecule has 1 aromatic rings. The van der Waals surface area contributed by atoms with Crippen molar-refractivity contribution in [2.75, 3.05) is 16.8 Å². The molecule has 1 rings (SSSR count). The predicted molar refractivity (Wildman–Crippen MR) is 129 cm³/mol. The summed E-state index contributed by atoms with van der Waals surface area (Å²) in [5, 5.41) is 21.7. The molecule has 2 N–H and O–H groups in total. The molecule has 8 heteroatoms. The fourth-order valence-corrected chi connectivity index (χ4v) is 4.47. The molecule has 0 aliphatic heterocycles. The van der Waals surface area contributed by atoms with E-state index in [-0.39, 0.29) is 12.1 Å². The number of hydrogen-bond donors (Lipinski definition) is 2. The Morgan fingerprint density at radius 1 is 1.03 bits per heavy atom. The van der Waals surface area contributed by atoms with Gasteiger partial charge in [0.05, 0.1) is 17.2 Å². The quantitative estimate of drug-likeness (QED) is 0.240. The second-order valence-corrected chi connectivity index (χ2v) is 9.87. The Balaban J connectivity index is 2.28. The summed E-state index contributed by atoms with van der Waals surface area (Å²) >= 11 is 2.04. The molecule has 4 nitrogen and oxygen atoms in total. The number of halogens is 3. The van der Waals surface area contributed by atoms with Crippen molar-refractivity contribution < 1.29 is 23.1 Å². The van der Waals surface area contributed by atoms with Crippen molar-refractivity contribution in [2.45, 2.75) is 96.3 Å². The number of nitrogens with zero attached hydrogens (tertiary/aromatic N) is 1. The minimum absolute atomic E-state index is 0.102. The molecule has 0 bridgehead atoms. The Labute approximate surface area is 200 Å². The van der Waals surface area contributed by atoms with Crippen molar-refractivity contribution >= 4 is 23.4 Å². The van der Waals surface area contributed by atoms with Crippen LogP contribution in [-0.4, -0.2) is 28.1 Å². The molecule has 0 heterocycles. The smallest absolute Gasteiger partial charge is 0.380 e. The second kappa shape index (κ2) is 15.2. The number of anilines is 1. The van der Waals surface area contributed by atoms with Crippen LogP contribution in [0.1, 0.15) is 95.6 Å². The molecular formula is C25H37F3N2O2S. The number of thioether (sulfide) groups is 1. The zero-order valence-corrected chi connectivity index (χ0v) is 20.6. The Bertz CT molecular complexity index is 761. The summed E-state index contributed by atoms with van der Waals surface area (Å²) in [4.78, 5) is 12.4. The first-order chi connectivity index (χ1) is 15.6. The monoisotopic (exact) mass is 486 g/mol. The van der Waals surface area contributed by atoms with Crippen LogP contribution in [0.5, 0.6) is 0 Å². The van der Waals surface area contributed by atoms with Crippen molar-refractivity contribution in [3.05, 3.63) is 29.3 Å². The molecule has 1 unspecified atom stereocenters. The lowest BCUT2D eigenvalue weighted by atomic mass is 9.96. The van der Waals surface area contributed by atoms with Crippen LogP contribution in [0.4, 0.5) is 18.9 Å². The summed E-state index contributed by atoms with van der Waals surface area (Å²) < 4.78 is 39.3. The molecule has 186 valence electrons. The topological polar surface area (TPSA) is 73.1 Å². The number of unbranched alkanes of at least 4 members (excludes halogenated alkanes) is 8. The highest BCUT2D eigenvalue weighted by molar-refractivity contribution is 7.99. The number of rotatable bonds is 16. The zero-order valence-electron chi connectivity index (χ0n) is 19.8. The molecule has 0 radical (unpaired) electrons. The first-order valence-electron chi connectivity index (χ1n) is 11.8. The van der Waals surface area contributed by atoms with Gasteiger partial charge >= 0.3 is 6.18 Å². The lowest BCUT2D eigenvalue weighted by Gasteiger charge is -2.22. The fraction of sp³-hybridized carbons (Fsp3) is 0.680. The van der Waals surface area contributed by atoms with E-state index >= 15 is 0 Å². The van der Waals surface area contributed by atoms with Crippen molar-refractivity contribution in [3.8, 4) is 6.07 Å². The number of aliphatic hydroxyl groups is 1. The van der Waals surface area contributed by atoms with Crippen LogP contribution in [0.3, 0.4) is 0 Å². The third-order valence-corrected chi connectivity index (χ3v) is 6.69. The van der Waals surface area contributed by atoms with E-state index in [1.54, 1.807) is 0 Å². The second-order valence-electron chi connectivity index (χ2n) is 8.64. The van der Waals surface area contributed by atoms with Crippen molar-refractivity contribution in [1.29, 1.82) is 5.26 Å². The number of carbonyl (C=O) groups is 1. The van der Waals surface area contributed by atoms with E-state index < -0.39 is 28.8 Å². The van der Waals surface area contributed by atoms with Gasteiger partial charge in [-0.15, -0.1) is 0 Å². The number of nitriles is 1. The Kier molecular flexibility index (Phi) is 13.5. The first-order valence-corrected chi connectivity index (χ1v) is 13.0. The lowest BCUT2D eigenvalue weighted by Crippen LogP contribution is -2.40. The zero-order chi connectivity index (χ0) is 24.7. The molecule has 1 aromatic carbocycles. The standard InChI is InChI=1S/C25H37F3N2O2S/c1-3-4-11-16-33-17-12-9-7-5-6-8-10-15-24(2,32)23(31)30-21-14-13-20(19-29)22(18-21)25(26,27)28/h13-14,18,32H,3-12,15-17H2,1-2H3,(H,30,31). The van der Waals surface area contributed by atoms with E-state index in [0.717, 1.165) is 31.4 Å². The molecule has 0 saturated heterocycles. The summed E-state index contributed by atoms with van der Waals surface area (Å²) in [6, 6.07) is 4.46. The van der Waals surface area contributed by atoms with E-state index in [2.05, 4.69) is 12.2 Å². The van der Waals surface area contributed by atoms with Crippen LogP contribution >= 0.6 is 11.8 Å². The summed E-state index contributed by atoms with van der Waals surface area (Å²) in [5.74, 6) is 1.73. The minimum Gasteiger partial charge on any atom is -0.380 e. The largest absolute Gasteiger partial charge is 0.417 e. The molecule has 0 spiro atoms. The Morgan fingerprint density at radius 3 is 2.18 bits per heavy atom. The fourth-order valence-electron chi connectivity index (χ4n) is 3.45. The van der Waals surface area contributed by atoms with Crippen LogP contribution in [-0.2, 0) is 11.0 Å². The maximum Gasteiger partial charge on any atom is 0.417 e. The van der Waals surface area contributed by atoms with E-state index in [1.165, 1.54) is 69.1 Å². The van der Waals surface area contributed by atoms with Crippen LogP contribution in [0.15, 0.2) is 18.2 Å². The van der Waals surface area contributed by atoms with E-state index in [9.17, 15) is 23.1 Å². The van der Waals surface area contributed by atoms with Gasteiger partial charge in [-0.05, 0) is 55.9 Å². The highest BCUT2D eigenvalue weighted by Crippen LogP contribution is 2.33. The highest BCUT2D eigenvalue weighted by Gasteiger charge is 2.35. The van der Waals surface area contributed by atoms with Crippen LogP contribution in [0, 0.1) is 11.3 Å². The van der Waals surface area contributed by atoms with Crippen LogP contribution in [0.2, 0.25) is 0 Å². The molecule has 1 amide bonds. The van der Waals surface area contributed by atoms with Gasteiger partial charge in [-0.2, -0.15) is 30.2 Å². The van der Waals surface area contributed by atoms with Crippen LogP contribution < -0.4 is 5.32 Å². The number of hydrogen-bond acceptors (Lipinski definition) is 4. The maximum absolute atomic E-state index is 13.1. The minimum atomic E-state index is -4.71. The average Bonchev–Trinajstić information content (AvgIpc) is 2.76. The summed E-state index contributed by atoms with van der Waals surface area (Å²) in [7, 11) is 0. The lowest BCUT2D eigenvalue weighted by molar-refractivity contribution is -0.138. The SMILES string of the molecule is CCCCCSCCCCCCCCCC(C)(O)C(=O)Nc1ccc(C#N)c(C(F)(F)F)c1. The third-order valence-electron chi connectivity index (χ3n) is 5.54. The number of amides is 1. The molecule has 1 atom stereocenters. The Morgan fingerprint density at radius 2 is 1.61 bits per heavy atom. The molecule has 0 aliphatic rings. The molecular weight excluding hydrogens is 449 g/mol. The van der Waals surface area contributed by atoms with Gasteiger partial charge in [-0.1, -0.05) is 58.3 Å². The normalized spacial score (nSPS) is 13.4. The van der Waals surface area contributed by atoms with Gasteiger partial charge < -0.3 is 10.4 Å². The molecule has 33 heavy (non-hydrogen) atoms. The van der Waals surface area contributed by atoms with E-state index in [1.807, 2.05) is 11.8 Å².